The molecular formula is C24H33NO4. The van der Waals surface area contributed by atoms with Gasteiger partial charge in [-0.25, -0.2) is 0 Å². The van der Waals surface area contributed by atoms with Crippen LogP contribution in [0.3, 0.4) is 0 Å². The maximum absolute atomic E-state index is 11.6. The maximum atomic E-state index is 11.6. The van der Waals surface area contributed by atoms with Crippen LogP contribution in [0.25, 0.3) is 0 Å². The summed E-state index contributed by atoms with van der Waals surface area (Å²) in [5.74, 6) is 1.23. The first kappa shape index (κ1) is 20.4. The molecule has 0 amide bonds. The monoisotopic (exact) mass is 399 g/mol. The smallest absolute Gasteiger partial charge is 0.304 e. The molecule has 0 N–H and O–H groups in total. The number of esters is 2. The van der Waals surface area contributed by atoms with Gasteiger partial charge in [0.05, 0.1) is 0 Å². The summed E-state index contributed by atoms with van der Waals surface area (Å²) in [6, 6.07) is 2.31. The van der Waals surface area contributed by atoms with Crippen LogP contribution >= 0.6 is 0 Å². The molecule has 0 aliphatic heterocycles. The van der Waals surface area contributed by atoms with Crippen molar-refractivity contribution in [2.45, 2.75) is 90.8 Å². The van der Waals surface area contributed by atoms with Crippen molar-refractivity contribution in [2.75, 3.05) is 0 Å². The van der Waals surface area contributed by atoms with Crippen LogP contribution in [0.5, 0.6) is 0 Å². The molecule has 7 atom stereocenters. The zero-order valence-corrected chi connectivity index (χ0v) is 18.1. The SMILES string of the molecule is CC(=O)O[C@H]1CCC2C3CC=C4C[C@@](C#N)(OC(C)=O)CC[C@]4(C)C3CC[C@@]21C. The molecule has 0 radical (unpaired) electrons. The summed E-state index contributed by atoms with van der Waals surface area (Å²) < 4.78 is 11.2. The lowest BCUT2D eigenvalue weighted by atomic mass is 9.47. The van der Waals surface area contributed by atoms with Gasteiger partial charge in [0, 0.05) is 32.1 Å². The number of hydrogen-bond donors (Lipinski definition) is 0. The molecule has 0 spiro atoms. The van der Waals surface area contributed by atoms with Crippen molar-refractivity contribution >= 4 is 11.9 Å². The van der Waals surface area contributed by atoms with Crippen molar-refractivity contribution in [1.29, 1.82) is 5.26 Å². The van der Waals surface area contributed by atoms with Gasteiger partial charge in [-0.2, -0.15) is 5.26 Å². The van der Waals surface area contributed by atoms with Gasteiger partial charge < -0.3 is 9.47 Å². The van der Waals surface area contributed by atoms with Crippen molar-refractivity contribution in [3.63, 3.8) is 0 Å². The van der Waals surface area contributed by atoms with Gasteiger partial charge in [0.15, 0.2) is 0 Å². The van der Waals surface area contributed by atoms with E-state index in [4.69, 9.17) is 9.47 Å². The zero-order valence-electron chi connectivity index (χ0n) is 18.1. The standard InChI is InChI=1S/C24H33NO4/c1-15(26)28-21-8-7-19-18-6-5-17-13-24(14-25,29-16(2)27)12-11-22(17,3)20(18)9-10-23(19,21)4/h5,18-21H,6-13H2,1-4H3/t18?,19?,20?,21-,22-,23-,24-/m0/s1. The second-order valence-corrected chi connectivity index (χ2v) is 10.4. The summed E-state index contributed by atoms with van der Waals surface area (Å²) in [6.07, 6.45) is 9.78. The van der Waals surface area contributed by atoms with Gasteiger partial charge in [-0.15, -0.1) is 0 Å². The van der Waals surface area contributed by atoms with E-state index < -0.39 is 5.60 Å². The molecule has 0 aromatic rings. The average molecular weight is 400 g/mol. The first-order valence-corrected chi connectivity index (χ1v) is 11.1. The molecule has 158 valence electrons. The first-order chi connectivity index (χ1) is 13.6. The molecule has 3 saturated carbocycles. The second kappa shape index (κ2) is 6.86. The number of carbonyl (C=O) groups excluding carboxylic acids is 2. The number of nitriles is 1. The molecule has 5 nitrogen and oxygen atoms in total. The third-order valence-electron chi connectivity index (χ3n) is 8.91. The number of carbonyl (C=O) groups is 2. The summed E-state index contributed by atoms with van der Waals surface area (Å²) in [6.45, 7) is 7.61. The summed E-state index contributed by atoms with van der Waals surface area (Å²) >= 11 is 0. The number of nitrogens with zero attached hydrogens (tertiary/aromatic N) is 1. The predicted octanol–water partition coefficient (Wildman–Crippen LogP) is 4.71. The van der Waals surface area contributed by atoms with Crippen LogP contribution in [0.15, 0.2) is 11.6 Å². The third-order valence-corrected chi connectivity index (χ3v) is 8.91. The normalized spacial score (nSPS) is 45.7. The Morgan fingerprint density at radius 2 is 1.83 bits per heavy atom. The van der Waals surface area contributed by atoms with Crippen molar-refractivity contribution in [2.24, 2.45) is 28.6 Å². The highest BCUT2D eigenvalue weighted by atomic mass is 16.6. The molecular weight excluding hydrogens is 366 g/mol. The van der Waals surface area contributed by atoms with E-state index in [0.717, 1.165) is 38.5 Å². The summed E-state index contributed by atoms with van der Waals surface area (Å²) in [5, 5.41) is 9.76. The van der Waals surface area contributed by atoms with E-state index in [0.29, 0.717) is 30.6 Å². The number of allylic oxidation sites excluding steroid dienone is 1. The molecule has 0 saturated heterocycles. The van der Waals surface area contributed by atoms with E-state index in [-0.39, 0.29) is 28.9 Å². The summed E-state index contributed by atoms with van der Waals surface area (Å²) in [7, 11) is 0. The summed E-state index contributed by atoms with van der Waals surface area (Å²) in [5.41, 5.74) is 0.466. The summed E-state index contributed by atoms with van der Waals surface area (Å²) in [4.78, 5) is 23.2. The van der Waals surface area contributed by atoms with E-state index in [9.17, 15) is 14.9 Å². The van der Waals surface area contributed by atoms with Gasteiger partial charge in [-0.1, -0.05) is 25.5 Å². The molecule has 4 aliphatic rings. The number of hydrogen-bond acceptors (Lipinski definition) is 5. The van der Waals surface area contributed by atoms with Gasteiger partial charge in [-0.3, -0.25) is 9.59 Å². The molecule has 0 aromatic carbocycles. The Balaban J connectivity index is 1.60. The Labute approximate surface area is 173 Å². The highest BCUT2D eigenvalue weighted by Gasteiger charge is 2.60. The number of rotatable bonds is 2. The lowest BCUT2D eigenvalue weighted by molar-refractivity contribution is -0.158. The van der Waals surface area contributed by atoms with E-state index >= 15 is 0 Å². The van der Waals surface area contributed by atoms with Crippen molar-refractivity contribution in [3.8, 4) is 6.07 Å². The average Bonchev–Trinajstić information content (AvgIpc) is 2.97. The fourth-order valence-corrected chi connectivity index (χ4v) is 7.46. The third kappa shape index (κ3) is 3.10. The maximum Gasteiger partial charge on any atom is 0.304 e. The Morgan fingerprint density at radius 1 is 1.07 bits per heavy atom. The van der Waals surface area contributed by atoms with Crippen molar-refractivity contribution in [3.05, 3.63) is 11.6 Å². The molecule has 4 rings (SSSR count). The van der Waals surface area contributed by atoms with Gasteiger partial charge in [0.2, 0.25) is 5.60 Å². The predicted molar refractivity (Wildman–Crippen MR) is 107 cm³/mol. The minimum Gasteiger partial charge on any atom is -0.462 e. The lowest BCUT2D eigenvalue weighted by Gasteiger charge is -2.58. The topological polar surface area (TPSA) is 76.4 Å². The molecule has 3 unspecified atom stereocenters. The Morgan fingerprint density at radius 3 is 2.48 bits per heavy atom. The highest BCUT2D eigenvalue weighted by Crippen LogP contribution is 2.66. The van der Waals surface area contributed by atoms with Gasteiger partial charge >= 0.3 is 11.9 Å². The Hall–Kier alpha value is -1.83. The lowest BCUT2D eigenvalue weighted by Crippen LogP contribution is -2.53. The molecule has 29 heavy (non-hydrogen) atoms. The van der Waals surface area contributed by atoms with Crippen LogP contribution in [0.4, 0.5) is 0 Å². The Kier molecular flexibility index (Phi) is 4.83. The number of fused-ring (bicyclic) bond motifs is 5. The second-order valence-electron chi connectivity index (χ2n) is 10.4. The minimum absolute atomic E-state index is 0.0469. The molecule has 0 aromatic heterocycles. The first-order valence-electron chi connectivity index (χ1n) is 11.1. The fourth-order valence-electron chi connectivity index (χ4n) is 7.46. The molecule has 5 heteroatoms. The van der Waals surface area contributed by atoms with Gasteiger partial charge in [0.25, 0.3) is 0 Å². The van der Waals surface area contributed by atoms with Crippen LogP contribution in [0.2, 0.25) is 0 Å². The largest absolute Gasteiger partial charge is 0.462 e. The van der Waals surface area contributed by atoms with Crippen molar-refractivity contribution < 1.29 is 19.1 Å². The van der Waals surface area contributed by atoms with Gasteiger partial charge in [0.1, 0.15) is 12.2 Å². The van der Waals surface area contributed by atoms with Crippen LogP contribution in [-0.4, -0.2) is 23.6 Å². The van der Waals surface area contributed by atoms with E-state index in [1.807, 2.05) is 0 Å². The van der Waals surface area contributed by atoms with Gasteiger partial charge in [-0.05, 0) is 61.7 Å². The zero-order chi connectivity index (χ0) is 21.0. The fraction of sp³-hybridized carbons (Fsp3) is 0.792. The van der Waals surface area contributed by atoms with E-state index in [2.05, 4.69) is 26.0 Å². The minimum atomic E-state index is -0.999. The molecule has 3 fully saturated rings. The van der Waals surface area contributed by atoms with Crippen LogP contribution < -0.4 is 0 Å². The quantitative estimate of drug-likeness (QED) is 0.497. The molecule has 0 heterocycles. The highest BCUT2D eigenvalue weighted by molar-refractivity contribution is 5.67. The molecule has 4 aliphatic carbocycles. The van der Waals surface area contributed by atoms with Crippen LogP contribution in [0.1, 0.15) is 79.1 Å². The van der Waals surface area contributed by atoms with Crippen LogP contribution in [-0.2, 0) is 19.1 Å². The number of ether oxygens (including phenoxy) is 2. The van der Waals surface area contributed by atoms with Crippen molar-refractivity contribution in [1.82, 2.24) is 0 Å². The van der Waals surface area contributed by atoms with Crippen LogP contribution in [0, 0.1) is 39.9 Å². The van der Waals surface area contributed by atoms with E-state index in [1.54, 1.807) is 0 Å². The molecule has 0 bridgehead atoms. The van der Waals surface area contributed by atoms with E-state index in [1.165, 1.54) is 19.4 Å². The Bertz CT molecular complexity index is 797.